The lowest BCUT2D eigenvalue weighted by atomic mass is 9.98. The molecule has 0 unspecified atom stereocenters. The number of amides is 2. The average molecular weight is 396 g/mol. The molecule has 0 spiro atoms. The first kappa shape index (κ1) is 23.9. The van der Waals surface area contributed by atoms with Gasteiger partial charge >= 0.3 is 23.7 Å². The van der Waals surface area contributed by atoms with Crippen molar-refractivity contribution < 1.29 is 44.7 Å². The summed E-state index contributed by atoms with van der Waals surface area (Å²) in [6.45, 7) is 3.35. The van der Waals surface area contributed by atoms with Crippen LogP contribution in [0.5, 0.6) is 0 Å². The number of carbonyl (C=O) groups is 2. The molecule has 0 aromatic rings. The van der Waals surface area contributed by atoms with E-state index in [2.05, 4.69) is 13.2 Å². The average Bonchev–Trinajstić information content (AvgIpc) is 2.49. The molecule has 2 N–H and O–H groups in total. The standard InChI is InChI=1S/C14H16F8N2O2/c1-7(2)9(25)23-5-11(15,16)13(19,20)14(21,22)12(17,18)6-24-10(26)8(3)4/h1,3,5-6H2,2,4H3,(H,23,25)(H,24,26). The molecule has 2 amide bonds. The number of hydrogen-bond donors (Lipinski definition) is 2. The molecule has 0 saturated carbocycles. The van der Waals surface area contributed by atoms with Crippen LogP contribution in [0.25, 0.3) is 0 Å². The Morgan fingerprint density at radius 1 is 0.692 bits per heavy atom. The van der Waals surface area contributed by atoms with Crippen molar-refractivity contribution in [2.45, 2.75) is 37.5 Å². The van der Waals surface area contributed by atoms with Gasteiger partial charge in [-0.3, -0.25) is 9.59 Å². The van der Waals surface area contributed by atoms with Gasteiger partial charge in [-0.2, -0.15) is 35.1 Å². The molecule has 0 heterocycles. The van der Waals surface area contributed by atoms with Gasteiger partial charge in [0, 0.05) is 11.1 Å². The minimum atomic E-state index is -6.56. The van der Waals surface area contributed by atoms with Crippen molar-refractivity contribution in [3.05, 3.63) is 24.3 Å². The Morgan fingerprint density at radius 2 is 0.923 bits per heavy atom. The number of nitrogens with one attached hydrogen (secondary N) is 2. The predicted molar refractivity (Wildman–Crippen MR) is 75.4 cm³/mol. The molecule has 0 aliphatic heterocycles. The summed E-state index contributed by atoms with van der Waals surface area (Å²) < 4.78 is 108. The number of halogens is 8. The Balaban J connectivity index is 5.48. The maximum absolute atomic E-state index is 13.5. The number of carbonyl (C=O) groups excluding carboxylic acids is 2. The Bertz CT molecular complexity index is 550. The van der Waals surface area contributed by atoms with Crippen molar-refractivity contribution in [2.75, 3.05) is 13.1 Å². The lowest BCUT2D eigenvalue weighted by Gasteiger charge is -2.36. The van der Waals surface area contributed by atoms with E-state index in [1.807, 2.05) is 0 Å². The first-order valence-electron chi connectivity index (χ1n) is 6.79. The van der Waals surface area contributed by atoms with Gasteiger partial charge in [-0.05, 0) is 13.8 Å². The summed E-state index contributed by atoms with van der Waals surface area (Å²) in [7, 11) is 0. The molecule has 0 aliphatic carbocycles. The van der Waals surface area contributed by atoms with E-state index in [1.54, 1.807) is 0 Å². The van der Waals surface area contributed by atoms with E-state index >= 15 is 0 Å². The molecule has 150 valence electrons. The Morgan fingerprint density at radius 3 is 1.12 bits per heavy atom. The molecular formula is C14H16F8N2O2. The first-order chi connectivity index (χ1) is 11.4. The van der Waals surface area contributed by atoms with Crippen molar-refractivity contribution >= 4 is 11.8 Å². The molecular weight excluding hydrogens is 380 g/mol. The zero-order valence-corrected chi connectivity index (χ0v) is 13.7. The SMILES string of the molecule is C=C(C)C(=O)NCC(F)(F)C(F)(F)C(F)(F)C(F)(F)CNC(=O)C(=C)C. The fraction of sp³-hybridized carbons (Fsp3) is 0.571. The zero-order chi connectivity index (χ0) is 21.1. The molecule has 4 nitrogen and oxygen atoms in total. The van der Waals surface area contributed by atoms with E-state index in [0.717, 1.165) is 13.8 Å². The van der Waals surface area contributed by atoms with Gasteiger partial charge in [0.25, 0.3) is 0 Å². The highest BCUT2D eigenvalue weighted by molar-refractivity contribution is 5.92. The van der Waals surface area contributed by atoms with Crippen LogP contribution in [0.1, 0.15) is 13.8 Å². The molecule has 0 aromatic carbocycles. The van der Waals surface area contributed by atoms with Gasteiger partial charge in [-0.15, -0.1) is 0 Å². The maximum Gasteiger partial charge on any atom is 0.380 e. The molecule has 26 heavy (non-hydrogen) atoms. The van der Waals surface area contributed by atoms with E-state index in [1.165, 1.54) is 10.6 Å². The highest BCUT2D eigenvalue weighted by Crippen LogP contribution is 2.52. The minimum absolute atomic E-state index is 0.399. The number of alkyl halides is 8. The largest absolute Gasteiger partial charge is 0.380 e. The Labute approximate surface area is 143 Å². The third-order valence-electron chi connectivity index (χ3n) is 3.03. The molecule has 0 aliphatic rings. The molecule has 0 atom stereocenters. The van der Waals surface area contributed by atoms with Crippen molar-refractivity contribution in [3.63, 3.8) is 0 Å². The molecule has 0 bridgehead atoms. The van der Waals surface area contributed by atoms with Crippen LogP contribution in [0.15, 0.2) is 24.3 Å². The first-order valence-corrected chi connectivity index (χ1v) is 6.79. The molecule has 0 aromatic heterocycles. The topological polar surface area (TPSA) is 58.2 Å². The summed E-state index contributed by atoms with van der Waals surface area (Å²) in [4.78, 5) is 22.0. The number of hydrogen-bond acceptors (Lipinski definition) is 2. The van der Waals surface area contributed by atoms with Gasteiger partial charge in [0.2, 0.25) is 11.8 Å². The Hall–Kier alpha value is -2.14. The second-order valence-corrected chi connectivity index (χ2v) is 5.48. The fourth-order valence-corrected chi connectivity index (χ4v) is 1.37. The molecule has 0 fully saturated rings. The summed E-state index contributed by atoms with van der Waals surface area (Å²) in [6, 6.07) is 0. The second-order valence-electron chi connectivity index (χ2n) is 5.48. The summed E-state index contributed by atoms with van der Waals surface area (Å²) in [5, 5.41) is 2.38. The van der Waals surface area contributed by atoms with Gasteiger partial charge in [0.05, 0.1) is 13.1 Å². The summed E-state index contributed by atoms with van der Waals surface area (Å²) >= 11 is 0. The fourth-order valence-electron chi connectivity index (χ4n) is 1.37. The van der Waals surface area contributed by atoms with Crippen molar-refractivity contribution in [2.24, 2.45) is 0 Å². The van der Waals surface area contributed by atoms with Crippen LogP contribution in [0.3, 0.4) is 0 Å². The van der Waals surface area contributed by atoms with Crippen LogP contribution in [-0.2, 0) is 9.59 Å². The van der Waals surface area contributed by atoms with Gasteiger partial charge < -0.3 is 10.6 Å². The molecule has 0 saturated heterocycles. The molecule has 0 rings (SSSR count). The van der Waals surface area contributed by atoms with E-state index in [-0.39, 0.29) is 0 Å². The van der Waals surface area contributed by atoms with Crippen molar-refractivity contribution in [3.8, 4) is 0 Å². The third-order valence-corrected chi connectivity index (χ3v) is 3.03. The lowest BCUT2D eigenvalue weighted by Crippen LogP contribution is -2.66. The highest BCUT2D eigenvalue weighted by atomic mass is 19.4. The smallest absolute Gasteiger partial charge is 0.346 e. The van der Waals surface area contributed by atoms with E-state index < -0.39 is 59.7 Å². The summed E-state index contributed by atoms with van der Waals surface area (Å²) in [6.07, 6.45) is 0. The quantitative estimate of drug-likeness (QED) is 0.465. The van der Waals surface area contributed by atoms with Crippen LogP contribution in [-0.4, -0.2) is 48.6 Å². The van der Waals surface area contributed by atoms with Gasteiger partial charge in [-0.25, -0.2) is 0 Å². The summed E-state index contributed by atoms with van der Waals surface area (Å²) in [5.74, 6) is -27.3. The monoisotopic (exact) mass is 396 g/mol. The van der Waals surface area contributed by atoms with Crippen LogP contribution in [0, 0.1) is 0 Å². The van der Waals surface area contributed by atoms with E-state index in [0.29, 0.717) is 0 Å². The third kappa shape index (κ3) is 4.73. The van der Waals surface area contributed by atoms with Crippen molar-refractivity contribution in [1.29, 1.82) is 0 Å². The van der Waals surface area contributed by atoms with Crippen LogP contribution in [0.4, 0.5) is 35.1 Å². The Kier molecular flexibility index (Phi) is 6.99. The maximum atomic E-state index is 13.5. The van der Waals surface area contributed by atoms with Gasteiger partial charge in [-0.1, -0.05) is 13.2 Å². The van der Waals surface area contributed by atoms with E-state index in [4.69, 9.17) is 0 Å². The summed E-state index contributed by atoms with van der Waals surface area (Å²) in [5.41, 5.74) is -0.799. The minimum Gasteiger partial charge on any atom is -0.346 e. The van der Waals surface area contributed by atoms with Crippen LogP contribution >= 0.6 is 0 Å². The van der Waals surface area contributed by atoms with Crippen LogP contribution < -0.4 is 10.6 Å². The predicted octanol–water partition coefficient (Wildman–Crippen LogP) is 2.91. The number of rotatable bonds is 9. The second kappa shape index (κ2) is 7.62. The normalized spacial score (nSPS) is 13.2. The zero-order valence-electron chi connectivity index (χ0n) is 13.7. The van der Waals surface area contributed by atoms with Crippen molar-refractivity contribution in [1.82, 2.24) is 10.6 Å². The van der Waals surface area contributed by atoms with Crippen LogP contribution in [0.2, 0.25) is 0 Å². The van der Waals surface area contributed by atoms with E-state index in [9.17, 15) is 44.7 Å². The molecule has 12 heteroatoms. The molecule has 0 radical (unpaired) electrons. The van der Waals surface area contributed by atoms with Gasteiger partial charge in [0.1, 0.15) is 0 Å². The highest BCUT2D eigenvalue weighted by Gasteiger charge is 2.80. The van der Waals surface area contributed by atoms with Gasteiger partial charge in [0.15, 0.2) is 0 Å². The lowest BCUT2D eigenvalue weighted by molar-refractivity contribution is -0.362.